The van der Waals surface area contributed by atoms with Gasteiger partial charge in [-0.2, -0.15) is 0 Å². The van der Waals surface area contributed by atoms with Gasteiger partial charge in [0.05, 0.1) is 11.9 Å². The fourth-order valence-corrected chi connectivity index (χ4v) is 5.40. The highest BCUT2D eigenvalue weighted by Gasteiger charge is 2.34. The van der Waals surface area contributed by atoms with Gasteiger partial charge in [0.15, 0.2) is 0 Å². The first-order valence-corrected chi connectivity index (χ1v) is 15.3. The summed E-state index contributed by atoms with van der Waals surface area (Å²) in [7, 11) is -3.83. The average Bonchev–Trinajstić information content (AvgIpc) is 2.86. The van der Waals surface area contributed by atoms with Crippen LogP contribution in [0.25, 0.3) is 0 Å². The van der Waals surface area contributed by atoms with Crippen molar-refractivity contribution >= 4 is 39.1 Å². The molecule has 9 heteroatoms. The number of halogens is 1. The average molecular weight is 584 g/mol. The van der Waals surface area contributed by atoms with Crippen molar-refractivity contribution in [3.05, 3.63) is 100 Å². The quantitative estimate of drug-likeness (QED) is 0.352. The molecule has 0 bridgehead atoms. The molecule has 40 heavy (non-hydrogen) atoms. The minimum Gasteiger partial charge on any atom is -0.350 e. The van der Waals surface area contributed by atoms with Crippen molar-refractivity contribution in [3.8, 4) is 0 Å². The Morgan fingerprint density at radius 3 is 2.12 bits per heavy atom. The van der Waals surface area contributed by atoms with Gasteiger partial charge in [0.2, 0.25) is 21.8 Å². The van der Waals surface area contributed by atoms with Crippen molar-refractivity contribution in [2.75, 3.05) is 17.1 Å². The summed E-state index contributed by atoms with van der Waals surface area (Å²) in [5, 5.41) is 3.56. The molecule has 7 nitrogen and oxygen atoms in total. The lowest BCUT2D eigenvalue weighted by Gasteiger charge is -2.35. The molecule has 3 aromatic carbocycles. The lowest BCUT2D eigenvalue weighted by Crippen LogP contribution is -2.56. The fraction of sp³-hybridized carbons (Fsp3) is 0.355. The number of hydrogen-bond acceptors (Lipinski definition) is 4. The molecule has 0 radical (unpaired) electrons. The summed E-state index contributed by atoms with van der Waals surface area (Å²) in [6.45, 7) is 8.94. The monoisotopic (exact) mass is 583 g/mol. The third kappa shape index (κ3) is 8.83. The maximum absolute atomic E-state index is 14.2. The Bertz CT molecular complexity index is 1440. The fourth-order valence-electron chi connectivity index (χ4n) is 4.38. The molecule has 1 atom stereocenters. The number of benzene rings is 3. The smallest absolute Gasteiger partial charge is 0.244 e. The Hall–Kier alpha value is -3.36. The minimum atomic E-state index is -3.83. The Balaban J connectivity index is 2.09. The number of nitrogens with one attached hydrogen (secondary N) is 1. The summed E-state index contributed by atoms with van der Waals surface area (Å²) in [4.78, 5) is 29.4. The lowest BCUT2D eigenvalue weighted by atomic mass is 10.0. The van der Waals surface area contributed by atoms with E-state index in [0.29, 0.717) is 10.7 Å². The minimum absolute atomic E-state index is 0.0927. The van der Waals surface area contributed by atoms with Gasteiger partial charge < -0.3 is 10.2 Å². The van der Waals surface area contributed by atoms with E-state index < -0.39 is 34.1 Å². The van der Waals surface area contributed by atoms with Crippen LogP contribution in [-0.2, 0) is 32.6 Å². The van der Waals surface area contributed by atoms with Crippen LogP contribution in [-0.4, -0.2) is 49.5 Å². The highest BCUT2D eigenvalue weighted by atomic mass is 35.5. The van der Waals surface area contributed by atoms with Gasteiger partial charge in [0.1, 0.15) is 12.6 Å². The molecule has 0 aromatic heterocycles. The van der Waals surface area contributed by atoms with Gasteiger partial charge in [-0.05, 0) is 75.1 Å². The lowest BCUT2D eigenvalue weighted by molar-refractivity contribution is -0.140. The van der Waals surface area contributed by atoms with Gasteiger partial charge in [-0.15, -0.1) is 0 Å². The molecule has 0 saturated carbocycles. The molecule has 214 valence electrons. The number of anilines is 1. The van der Waals surface area contributed by atoms with Crippen LogP contribution in [0.2, 0.25) is 5.02 Å². The number of rotatable bonds is 10. The standard InChI is InChI=1S/C31H38ClN3O4S/c1-22-12-13-23(2)27(18-22)35(40(6,38)39)21-29(36)34(20-25-14-16-26(32)17-15-25)28(30(37)33-31(3,4)5)19-24-10-8-7-9-11-24/h7-18,28H,19-21H2,1-6H3,(H,33,37)/t28-/m0/s1. The first kappa shape index (κ1) is 31.2. The van der Waals surface area contributed by atoms with E-state index in [4.69, 9.17) is 11.6 Å². The largest absolute Gasteiger partial charge is 0.350 e. The van der Waals surface area contributed by atoms with Crippen LogP contribution in [0.15, 0.2) is 72.8 Å². The van der Waals surface area contributed by atoms with Gasteiger partial charge in [0, 0.05) is 23.5 Å². The van der Waals surface area contributed by atoms with E-state index >= 15 is 0 Å². The van der Waals surface area contributed by atoms with Gasteiger partial charge in [-0.3, -0.25) is 13.9 Å². The van der Waals surface area contributed by atoms with E-state index in [2.05, 4.69) is 5.32 Å². The summed E-state index contributed by atoms with van der Waals surface area (Å²) in [6, 6.07) is 21.1. The third-order valence-electron chi connectivity index (χ3n) is 6.35. The molecule has 1 N–H and O–H groups in total. The predicted octanol–water partition coefficient (Wildman–Crippen LogP) is 5.28. The molecule has 0 aliphatic rings. The van der Waals surface area contributed by atoms with E-state index in [1.807, 2.05) is 70.2 Å². The Morgan fingerprint density at radius 2 is 1.55 bits per heavy atom. The van der Waals surface area contributed by atoms with Crippen LogP contribution in [0.1, 0.15) is 43.0 Å². The molecule has 0 saturated heterocycles. The number of carbonyl (C=O) groups excluding carboxylic acids is 2. The molecule has 0 aliphatic carbocycles. The normalized spacial score (nSPS) is 12.5. The van der Waals surface area contributed by atoms with Crippen LogP contribution in [0.4, 0.5) is 5.69 Å². The Kier molecular flexibility index (Phi) is 10.0. The maximum Gasteiger partial charge on any atom is 0.244 e. The number of hydrogen-bond donors (Lipinski definition) is 1. The van der Waals surface area contributed by atoms with Crippen LogP contribution in [0.5, 0.6) is 0 Å². The molecular formula is C31H38ClN3O4S. The van der Waals surface area contributed by atoms with E-state index in [1.54, 1.807) is 37.3 Å². The van der Waals surface area contributed by atoms with Gasteiger partial charge >= 0.3 is 0 Å². The maximum atomic E-state index is 14.2. The van der Waals surface area contributed by atoms with Crippen molar-refractivity contribution in [3.63, 3.8) is 0 Å². The zero-order chi connectivity index (χ0) is 29.7. The zero-order valence-corrected chi connectivity index (χ0v) is 25.5. The molecule has 3 aromatic rings. The number of sulfonamides is 1. The summed E-state index contributed by atoms with van der Waals surface area (Å²) >= 11 is 6.10. The predicted molar refractivity (Wildman–Crippen MR) is 162 cm³/mol. The highest BCUT2D eigenvalue weighted by molar-refractivity contribution is 7.92. The highest BCUT2D eigenvalue weighted by Crippen LogP contribution is 2.25. The Morgan fingerprint density at radius 1 is 0.925 bits per heavy atom. The Labute approximate surface area is 243 Å². The van der Waals surface area contributed by atoms with Crippen molar-refractivity contribution in [1.29, 1.82) is 0 Å². The molecular weight excluding hydrogens is 546 g/mol. The summed E-state index contributed by atoms with van der Waals surface area (Å²) in [6.07, 6.45) is 1.34. The van der Waals surface area contributed by atoms with Crippen LogP contribution < -0.4 is 9.62 Å². The summed E-state index contributed by atoms with van der Waals surface area (Å²) in [5.74, 6) is -0.817. The second-order valence-corrected chi connectivity index (χ2v) is 13.5. The SMILES string of the molecule is Cc1ccc(C)c(N(CC(=O)N(Cc2ccc(Cl)cc2)[C@@H](Cc2ccccc2)C(=O)NC(C)(C)C)S(C)(=O)=O)c1. The van der Waals surface area contributed by atoms with Gasteiger partial charge in [-0.1, -0.05) is 66.2 Å². The van der Waals surface area contributed by atoms with E-state index in [0.717, 1.165) is 32.8 Å². The molecule has 0 spiro atoms. The summed E-state index contributed by atoms with van der Waals surface area (Å²) < 4.78 is 27.1. The van der Waals surface area contributed by atoms with Crippen LogP contribution in [0.3, 0.4) is 0 Å². The number of aryl methyl sites for hydroxylation is 2. The van der Waals surface area contributed by atoms with Crippen molar-refractivity contribution in [2.24, 2.45) is 0 Å². The summed E-state index contributed by atoms with van der Waals surface area (Å²) in [5.41, 5.74) is 3.11. The van der Waals surface area contributed by atoms with Crippen LogP contribution in [0, 0.1) is 13.8 Å². The molecule has 3 rings (SSSR count). The van der Waals surface area contributed by atoms with E-state index in [9.17, 15) is 18.0 Å². The zero-order valence-electron chi connectivity index (χ0n) is 23.9. The number of amides is 2. The van der Waals surface area contributed by atoms with Gasteiger partial charge in [0.25, 0.3) is 0 Å². The topological polar surface area (TPSA) is 86.8 Å². The molecule has 0 fully saturated rings. The van der Waals surface area contributed by atoms with E-state index in [-0.39, 0.29) is 18.9 Å². The second kappa shape index (κ2) is 12.9. The van der Waals surface area contributed by atoms with Crippen LogP contribution >= 0.6 is 11.6 Å². The molecule has 2 amide bonds. The van der Waals surface area contributed by atoms with Crippen molar-refractivity contribution < 1.29 is 18.0 Å². The molecule has 0 heterocycles. The number of carbonyl (C=O) groups is 2. The molecule has 0 aliphatic heterocycles. The van der Waals surface area contributed by atoms with Gasteiger partial charge in [-0.25, -0.2) is 8.42 Å². The third-order valence-corrected chi connectivity index (χ3v) is 7.73. The molecule has 0 unspecified atom stereocenters. The van der Waals surface area contributed by atoms with Crippen molar-refractivity contribution in [1.82, 2.24) is 10.2 Å². The first-order chi connectivity index (χ1) is 18.6. The van der Waals surface area contributed by atoms with E-state index in [1.165, 1.54) is 4.90 Å². The number of nitrogens with zero attached hydrogens (tertiary/aromatic N) is 2. The van der Waals surface area contributed by atoms with Crippen molar-refractivity contribution in [2.45, 2.75) is 59.2 Å². The first-order valence-electron chi connectivity index (χ1n) is 13.1. The second-order valence-electron chi connectivity index (χ2n) is 11.2.